The fourth-order valence-electron chi connectivity index (χ4n) is 14.8. The Balaban J connectivity index is 0.000000960. The monoisotopic (exact) mass is 1320 g/mol. The molecule has 2 unspecified atom stereocenters. The molecule has 95 heavy (non-hydrogen) atoms. The van der Waals surface area contributed by atoms with Crippen molar-refractivity contribution in [2.45, 2.75) is 444 Å². The van der Waals surface area contributed by atoms with Crippen LogP contribution in [0.25, 0.3) is 0 Å². The van der Waals surface area contributed by atoms with Crippen molar-refractivity contribution in [3.63, 3.8) is 0 Å². The van der Waals surface area contributed by atoms with Crippen molar-refractivity contribution >= 4 is 5.97 Å². The molecule has 2 saturated carbocycles. The van der Waals surface area contributed by atoms with Gasteiger partial charge in [0.05, 0.1) is 12.5 Å². The van der Waals surface area contributed by atoms with Crippen LogP contribution in [0.15, 0.2) is 97.2 Å². The Bertz CT molecular complexity index is 1740. The highest BCUT2D eigenvalue weighted by atomic mass is 16.5. The summed E-state index contributed by atoms with van der Waals surface area (Å²) in [5.74, 6) is -0.000217. The van der Waals surface area contributed by atoms with Gasteiger partial charge in [-0.05, 0) is 218 Å². The second kappa shape index (κ2) is 71.1. The average Bonchev–Trinajstić information content (AvgIpc) is 1.75. The number of allylic oxidation sites excluding steroid dienone is 16. The highest BCUT2D eigenvalue weighted by molar-refractivity contribution is 5.69. The minimum Gasteiger partial charge on any atom is -0.462 e. The number of aliphatic hydroxyl groups excluding tert-OH is 1. The normalized spacial score (nSPS) is 16.6. The first-order valence-electron chi connectivity index (χ1n) is 42.5. The van der Waals surface area contributed by atoms with Crippen molar-refractivity contribution in [3.05, 3.63) is 97.2 Å². The maximum absolute atomic E-state index is 12.5. The summed E-state index contributed by atoms with van der Waals surface area (Å²) in [5.41, 5.74) is 0.869. The second-order valence-electron chi connectivity index (χ2n) is 30.6. The number of carbonyl (C=O) groups excluding carboxylic acids is 1. The zero-order valence-corrected chi connectivity index (χ0v) is 64.9. The van der Waals surface area contributed by atoms with Gasteiger partial charge < -0.3 is 14.7 Å². The number of nitrogens with zero attached hydrogens (tertiary/aromatic N) is 1. The number of unbranched alkanes of at least 4 members (excludes halogenated alkanes) is 40. The fraction of sp³-hybridized carbons (Fsp3) is 0.813. The topological polar surface area (TPSA) is 49.8 Å². The standard InChI is InChI=1S/C48H87NO2.C43H78O/c1-5-7-9-11-13-15-17-19-21-23-25-27-29-31-33-35-37-41-48(43-39-46(45-48)51-47(50)40-44-49(3)4)42-38-36-34-32-30-28-26-24-22-20-18-16-14-12-10-8-6-2;1-3-5-7-9-11-13-15-17-19-21-23-25-27-29-31-33-35-38-43(40-37-42(44)41-43)39-36-34-32-30-28-26-24-22-20-18-16-14-12-10-8-6-4-2/h13-16,19-22,46H,5-12,17-18,23-45H2,1-4H3;11-14,17-20,42,44H,3-10,15-16,21-41H2,1-2H3/b15-13-,16-14-,21-19-,22-20-;13-11-,14-12-,19-17-,20-18-. The van der Waals surface area contributed by atoms with E-state index in [2.05, 4.69) is 130 Å². The molecule has 0 aromatic rings. The number of ether oxygens (including phenoxy) is 1. The van der Waals surface area contributed by atoms with Gasteiger partial charge in [0.1, 0.15) is 6.10 Å². The molecule has 0 aromatic carbocycles. The molecule has 552 valence electrons. The van der Waals surface area contributed by atoms with Crippen LogP contribution in [0.2, 0.25) is 0 Å². The van der Waals surface area contributed by atoms with Crippen molar-refractivity contribution in [1.29, 1.82) is 0 Å². The summed E-state index contributed by atoms with van der Waals surface area (Å²) in [6.07, 6.45) is 120. The predicted octanol–water partition coefficient (Wildman–Crippen LogP) is 29.9. The van der Waals surface area contributed by atoms with Gasteiger partial charge in [-0.2, -0.15) is 0 Å². The van der Waals surface area contributed by atoms with Crippen molar-refractivity contribution in [1.82, 2.24) is 4.90 Å². The summed E-state index contributed by atoms with van der Waals surface area (Å²) < 4.78 is 6.01. The van der Waals surface area contributed by atoms with Crippen LogP contribution in [0.4, 0.5) is 0 Å². The van der Waals surface area contributed by atoms with Crippen LogP contribution in [0.3, 0.4) is 0 Å². The summed E-state index contributed by atoms with van der Waals surface area (Å²) in [6.45, 7) is 9.85. The molecule has 0 spiro atoms. The van der Waals surface area contributed by atoms with Crippen molar-refractivity contribution in [3.8, 4) is 0 Å². The quantitative estimate of drug-likeness (QED) is 0.0375. The van der Waals surface area contributed by atoms with Crippen LogP contribution in [-0.2, 0) is 9.53 Å². The molecule has 0 aromatic heterocycles. The number of carbonyl (C=O) groups is 1. The molecular formula is C91H165NO3. The Kier molecular flexibility index (Phi) is 67.6. The first-order chi connectivity index (χ1) is 46.7. The van der Waals surface area contributed by atoms with E-state index >= 15 is 0 Å². The molecule has 2 rings (SSSR count). The molecule has 0 heterocycles. The van der Waals surface area contributed by atoms with Crippen LogP contribution in [0.1, 0.15) is 432 Å². The fourth-order valence-corrected chi connectivity index (χ4v) is 14.8. The number of hydrogen-bond donors (Lipinski definition) is 1. The Morgan fingerprint density at radius 3 is 0.832 bits per heavy atom. The lowest BCUT2D eigenvalue weighted by Crippen LogP contribution is -2.23. The van der Waals surface area contributed by atoms with Crippen LogP contribution >= 0.6 is 0 Å². The minimum absolute atomic E-state index is 0.000217. The van der Waals surface area contributed by atoms with Gasteiger partial charge in [-0.25, -0.2) is 0 Å². The van der Waals surface area contributed by atoms with Crippen LogP contribution in [-0.4, -0.2) is 48.8 Å². The van der Waals surface area contributed by atoms with Gasteiger partial charge in [0.2, 0.25) is 0 Å². The number of aliphatic hydroxyl groups is 1. The predicted molar refractivity (Wildman–Crippen MR) is 426 cm³/mol. The maximum Gasteiger partial charge on any atom is 0.307 e. The molecule has 0 aliphatic heterocycles. The minimum atomic E-state index is -0.0262. The molecule has 2 fully saturated rings. The summed E-state index contributed by atoms with van der Waals surface area (Å²) in [5, 5.41) is 10.3. The van der Waals surface area contributed by atoms with Crippen LogP contribution in [0, 0.1) is 10.8 Å². The Morgan fingerprint density at radius 1 is 0.337 bits per heavy atom. The molecule has 4 nitrogen and oxygen atoms in total. The lowest BCUT2D eigenvalue weighted by molar-refractivity contribution is -0.149. The lowest BCUT2D eigenvalue weighted by atomic mass is 9.76. The Hall–Kier alpha value is -2.69. The third kappa shape index (κ3) is 62.1. The zero-order valence-electron chi connectivity index (χ0n) is 64.9. The first-order valence-corrected chi connectivity index (χ1v) is 42.5. The third-order valence-electron chi connectivity index (χ3n) is 21.0. The molecule has 0 radical (unpaired) electrons. The lowest BCUT2D eigenvalue weighted by Gasteiger charge is -2.30. The van der Waals surface area contributed by atoms with Gasteiger partial charge >= 0.3 is 5.97 Å². The van der Waals surface area contributed by atoms with Crippen molar-refractivity contribution in [2.75, 3.05) is 20.6 Å². The van der Waals surface area contributed by atoms with Crippen molar-refractivity contribution < 1.29 is 14.6 Å². The zero-order chi connectivity index (χ0) is 68.6. The average molecular weight is 1320 g/mol. The van der Waals surface area contributed by atoms with E-state index in [0.29, 0.717) is 17.3 Å². The van der Waals surface area contributed by atoms with Gasteiger partial charge in [0.25, 0.3) is 0 Å². The molecule has 0 amide bonds. The Morgan fingerprint density at radius 2 is 0.579 bits per heavy atom. The van der Waals surface area contributed by atoms with E-state index in [-0.39, 0.29) is 18.2 Å². The second-order valence-corrected chi connectivity index (χ2v) is 30.6. The van der Waals surface area contributed by atoms with Gasteiger partial charge in [-0.3, -0.25) is 4.79 Å². The molecular weight excluding hydrogens is 1160 g/mol. The third-order valence-corrected chi connectivity index (χ3v) is 21.0. The number of hydrogen-bond acceptors (Lipinski definition) is 4. The smallest absolute Gasteiger partial charge is 0.307 e. The van der Waals surface area contributed by atoms with E-state index in [1.807, 2.05) is 14.1 Å². The molecule has 0 bridgehead atoms. The van der Waals surface area contributed by atoms with E-state index in [1.54, 1.807) is 0 Å². The molecule has 0 saturated heterocycles. The summed E-state index contributed by atoms with van der Waals surface area (Å²) >= 11 is 0. The summed E-state index contributed by atoms with van der Waals surface area (Å²) in [6, 6.07) is 0. The highest BCUT2D eigenvalue weighted by Crippen LogP contribution is 2.48. The van der Waals surface area contributed by atoms with Crippen molar-refractivity contribution in [2.24, 2.45) is 10.8 Å². The summed E-state index contributed by atoms with van der Waals surface area (Å²) in [7, 11) is 4.05. The van der Waals surface area contributed by atoms with Gasteiger partial charge in [-0.15, -0.1) is 0 Å². The highest BCUT2D eigenvalue weighted by Gasteiger charge is 2.40. The molecule has 2 aliphatic carbocycles. The van der Waals surface area contributed by atoms with Gasteiger partial charge in [-0.1, -0.05) is 330 Å². The van der Waals surface area contributed by atoms with E-state index in [1.165, 1.54) is 347 Å². The van der Waals surface area contributed by atoms with E-state index in [9.17, 15) is 9.90 Å². The molecule has 2 atom stereocenters. The maximum atomic E-state index is 12.5. The summed E-state index contributed by atoms with van der Waals surface area (Å²) in [4.78, 5) is 14.6. The van der Waals surface area contributed by atoms with Gasteiger partial charge in [0, 0.05) is 6.54 Å². The largest absolute Gasteiger partial charge is 0.462 e. The first kappa shape index (κ1) is 90.3. The van der Waals surface area contributed by atoms with Crippen LogP contribution in [0.5, 0.6) is 0 Å². The van der Waals surface area contributed by atoms with E-state index in [0.717, 1.165) is 57.9 Å². The number of esters is 1. The number of rotatable bonds is 68. The van der Waals surface area contributed by atoms with E-state index in [4.69, 9.17) is 4.74 Å². The molecule has 4 heteroatoms. The SMILES string of the molecule is CCCCC/C=C\C/C=C\CCCCCCCCCC1(CCCCCCCCC/C=C\C/C=C\CCCCC)CCC(O)C1.CCCCC/C=C\C/C=C\CCCCCCCCCC1(CCCCCCCCC/C=C\C/C=C\CCCCC)CCC(OC(=O)CCN(C)C)C1. The van der Waals surface area contributed by atoms with E-state index < -0.39 is 0 Å². The molecule has 1 N–H and O–H groups in total. The van der Waals surface area contributed by atoms with Crippen LogP contribution < -0.4 is 0 Å². The van der Waals surface area contributed by atoms with Gasteiger partial charge in [0.15, 0.2) is 0 Å². The Labute approximate surface area is 595 Å². The molecule has 2 aliphatic rings.